The van der Waals surface area contributed by atoms with Gasteiger partial charge in [0, 0.05) is 0 Å². The smallest absolute Gasteiger partial charge is 0.225 e. The van der Waals surface area contributed by atoms with Crippen LogP contribution in [-0.4, -0.2) is 21.1 Å². The van der Waals surface area contributed by atoms with Crippen molar-refractivity contribution in [1.82, 2.24) is 15.0 Å². The summed E-state index contributed by atoms with van der Waals surface area (Å²) in [4.78, 5) is 10.0. The number of hydrogen-bond acceptors (Lipinski definition) is 3. The highest BCUT2D eigenvalue weighted by atomic mass is 19.4. The third-order valence-electron chi connectivity index (χ3n) is 0.905. The van der Waals surface area contributed by atoms with E-state index in [-0.39, 0.29) is 5.82 Å². The zero-order valence-corrected chi connectivity index (χ0v) is 5.34. The number of halogens is 3. The third kappa shape index (κ3) is 2.92. The highest BCUT2D eigenvalue weighted by molar-refractivity contribution is 4.84. The molecule has 0 N–H and O–H groups in total. The van der Waals surface area contributed by atoms with E-state index in [1.807, 2.05) is 0 Å². The van der Waals surface area contributed by atoms with E-state index in [2.05, 4.69) is 15.0 Å². The van der Waals surface area contributed by atoms with Gasteiger partial charge < -0.3 is 0 Å². The van der Waals surface area contributed by atoms with Gasteiger partial charge in [-0.3, -0.25) is 0 Å². The first-order valence-corrected chi connectivity index (χ1v) is 2.75. The molecule has 0 amide bonds. The van der Waals surface area contributed by atoms with Gasteiger partial charge in [-0.05, 0) is 0 Å². The molecule has 0 aliphatic rings. The molecular formula is C5H4F3N3. The van der Waals surface area contributed by atoms with Gasteiger partial charge in [-0.1, -0.05) is 0 Å². The van der Waals surface area contributed by atoms with E-state index in [4.69, 9.17) is 0 Å². The molecule has 0 bridgehead atoms. The van der Waals surface area contributed by atoms with Crippen molar-refractivity contribution in [3.05, 3.63) is 18.5 Å². The second kappa shape index (κ2) is 2.81. The van der Waals surface area contributed by atoms with E-state index >= 15 is 0 Å². The van der Waals surface area contributed by atoms with E-state index in [1.165, 1.54) is 0 Å². The summed E-state index contributed by atoms with van der Waals surface area (Å²) in [6, 6.07) is 0. The minimum atomic E-state index is -4.25. The Hall–Kier alpha value is -1.20. The second-order valence-corrected chi connectivity index (χ2v) is 1.85. The lowest BCUT2D eigenvalue weighted by atomic mass is 10.4. The number of hydrogen-bond donors (Lipinski definition) is 0. The van der Waals surface area contributed by atoms with Gasteiger partial charge in [0.25, 0.3) is 0 Å². The molecule has 11 heavy (non-hydrogen) atoms. The van der Waals surface area contributed by atoms with Crippen molar-refractivity contribution in [3.63, 3.8) is 0 Å². The number of aromatic nitrogens is 3. The molecule has 0 atom stereocenters. The molecule has 3 nitrogen and oxygen atoms in total. The van der Waals surface area contributed by atoms with Crippen LogP contribution in [-0.2, 0) is 6.42 Å². The van der Waals surface area contributed by atoms with Gasteiger partial charge in [-0.15, -0.1) is 0 Å². The maximum Gasteiger partial charge on any atom is 0.396 e. The average Bonchev–Trinajstić information content (AvgIpc) is 1.85. The van der Waals surface area contributed by atoms with E-state index < -0.39 is 12.6 Å². The lowest BCUT2D eigenvalue weighted by Gasteiger charge is -2.02. The van der Waals surface area contributed by atoms with Gasteiger partial charge in [0.2, 0.25) is 0 Å². The van der Waals surface area contributed by atoms with Crippen LogP contribution in [0.3, 0.4) is 0 Å². The Balaban J connectivity index is 2.66. The maximum atomic E-state index is 11.6. The molecule has 0 fully saturated rings. The molecule has 6 heteroatoms. The quantitative estimate of drug-likeness (QED) is 0.619. The number of nitrogens with zero attached hydrogens (tertiary/aromatic N) is 3. The molecule has 0 saturated heterocycles. The van der Waals surface area contributed by atoms with Crippen molar-refractivity contribution in [3.8, 4) is 0 Å². The summed E-state index contributed by atoms with van der Waals surface area (Å²) in [7, 11) is 0. The molecule has 0 aliphatic heterocycles. The lowest BCUT2D eigenvalue weighted by Crippen LogP contribution is -2.13. The van der Waals surface area contributed by atoms with Gasteiger partial charge in [0.15, 0.2) is 0 Å². The predicted molar refractivity (Wildman–Crippen MR) is 29.6 cm³/mol. The van der Waals surface area contributed by atoms with Gasteiger partial charge in [0.1, 0.15) is 24.9 Å². The molecule has 1 heterocycles. The molecule has 1 aromatic rings. The predicted octanol–water partition coefficient (Wildman–Crippen LogP) is 0.976. The van der Waals surface area contributed by atoms with Gasteiger partial charge in [-0.25, -0.2) is 15.0 Å². The average molecular weight is 163 g/mol. The highest BCUT2D eigenvalue weighted by Gasteiger charge is 2.28. The van der Waals surface area contributed by atoms with Crippen LogP contribution in [0.1, 0.15) is 5.82 Å². The van der Waals surface area contributed by atoms with Crippen LogP contribution in [0.2, 0.25) is 0 Å². The van der Waals surface area contributed by atoms with E-state index in [0.29, 0.717) is 0 Å². The Bertz CT molecular complexity index is 220. The zero-order chi connectivity index (χ0) is 8.32. The fraction of sp³-hybridized carbons (Fsp3) is 0.400. The van der Waals surface area contributed by atoms with Crippen LogP contribution in [0.4, 0.5) is 13.2 Å². The second-order valence-electron chi connectivity index (χ2n) is 1.85. The summed E-state index contributed by atoms with van der Waals surface area (Å²) in [6.45, 7) is 0. The van der Waals surface area contributed by atoms with Gasteiger partial charge in [0.05, 0.1) is 0 Å². The molecule has 60 valence electrons. The summed E-state index contributed by atoms with van der Waals surface area (Å²) in [5.41, 5.74) is 0. The first-order chi connectivity index (χ1) is 5.08. The molecule has 0 aliphatic carbocycles. The normalized spacial score (nSPS) is 11.5. The fourth-order valence-corrected chi connectivity index (χ4v) is 0.534. The Morgan fingerprint density at radius 3 is 2.18 bits per heavy atom. The minimum Gasteiger partial charge on any atom is -0.225 e. The highest BCUT2D eigenvalue weighted by Crippen LogP contribution is 2.18. The van der Waals surface area contributed by atoms with Crippen molar-refractivity contribution in [2.24, 2.45) is 0 Å². The SMILES string of the molecule is FC(F)(F)Cc1ncncn1. The zero-order valence-electron chi connectivity index (χ0n) is 5.34. The van der Waals surface area contributed by atoms with Gasteiger partial charge in [-0.2, -0.15) is 13.2 Å². The summed E-state index contributed by atoms with van der Waals surface area (Å²) in [5.74, 6) is -0.257. The molecule has 1 rings (SSSR count). The monoisotopic (exact) mass is 163 g/mol. The van der Waals surface area contributed by atoms with Crippen LogP contribution >= 0.6 is 0 Å². The Morgan fingerprint density at radius 2 is 1.73 bits per heavy atom. The first-order valence-electron chi connectivity index (χ1n) is 2.75. The van der Waals surface area contributed by atoms with Crippen molar-refractivity contribution < 1.29 is 13.2 Å². The Kier molecular flexibility index (Phi) is 2.02. The van der Waals surface area contributed by atoms with Crippen LogP contribution in [0, 0.1) is 0 Å². The largest absolute Gasteiger partial charge is 0.396 e. The van der Waals surface area contributed by atoms with E-state index in [0.717, 1.165) is 12.7 Å². The summed E-state index contributed by atoms with van der Waals surface area (Å²) in [5, 5.41) is 0. The van der Waals surface area contributed by atoms with Crippen molar-refractivity contribution >= 4 is 0 Å². The summed E-state index contributed by atoms with van der Waals surface area (Å²) < 4.78 is 34.9. The topological polar surface area (TPSA) is 38.7 Å². The van der Waals surface area contributed by atoms with Crippen molar-refractivity contribution in [1.29, 1.82) is 0 Å². The first kappa shape index (κ1) is 7.90. The van der Waals surface area contributed by atoms with Crippen molar-refractivity contribution in [2.45, 2.75) is 12.6 Å². The molecule has 0 radical (unpaired) electrons. The molecule has 1 aromatic heterocycles. The van der Waals surface area contributed by atoms with Crippen LogP contribution in [0.25, 0.3) is 0 Å². The Labute approximate surface area is 60.3 Å². The van der Waals surface area contributed by atoms with Gasteiger partial charge >= 0.3 is 6.18 Å². The number of alkyl halides is 3. The molecule has 0 unspecified atom stereocenters. The lowest BCUT2D eigenvalue weighted by molar-refractivity contribution is -0.128. The third-order valence-corrected chi connectivity index (χ3v) is 0.905. The molecule has 0 aromatic carbocycles. The molecular weight excluding hydrogens is 159 g/mol. The standard InChI is InChI=1S/C5H4F3N3/c6-5(7,8)1-4-10-2-9-3-11-4/h2-3H,1H2. The molecule has 0 saturated carbocycles. The van der Waals surface area contributed by atoms with E-state index in [9.17, 15) is 13.2 Å². The van der Waals surface area contributed by atoms with Crippen LogP contribution < -0.4 is 0 Å². The van der Waals surface area contributed by atoms with Crippen molar-refractivity contribution in [2.75, 3.05) is 0 Å². The fourth-order valence-electron chi connectivity index (χ4n) is 0.534. The Morgan fingerprint density at radius 1 is 1.18 bits per heavy atom. The summed E-state index contributed by atoms with van der Waals surface area (Å²) >= 11 is 0. The minimum absolute atomic E-state index is 0.257. The van der Waals surface area contributed by atoms with E-state index in [1.54, 1.807) is 0 Å². The summed E-state index contributed by atoms with van der Waals surface area (Å²) in [6.07, 6.45) is -3.28. The van der Waals surface area contributed by atoms with Crippen LogP contribution in [0.5, 0.6) is 0 Å². The maximum absolute atomic E-state index is 11.6. The molecule has 0 spiro atoms. The number of rotatable bonds is 1. The van der Waals surface area contributed by atoms with Crippen LogP contribution in [0.15, 0.2) is 12.7 Å².